The second-order valence-electron chi connectivity index (χ2n) is 4.95. The number of hydrogen-bond acceptors (Lipinski definition) is 3. The lowest BCUT2D eigenvalue weighted by atomic mass is 9.88. The fourth-order valence-corrected chi connectivity index (χ4v) is 2.77. The second-order valence-corrected chi connectivity index (χ2v) is 4.95. The van der Waals surface area contributed by atoms with E-state index in [0.717, 1.165) is 24.3 Å². The van der Waals surface area contributed by atoms with Crippen LogP contribution in [0.5, 0.6) is 0 Å². The molecule has 2 heterocycles. The minimum atomic E-state index is 0. The molecule has 0 aromatic rings. The highest BCUT2D eigenvalue weighted by Crippen LogP contribution is 2.31. The van der Waals surface area contributed by atoms with Gasteiger partial charge in [0.25, 0.3) is 0 Å². The van der Waals surface area contributed by atoms with Gasteiger partial charge in [-0.1, -0.05) is 18.6 Å². The van der Waals surface area contributed by atoms with E-state index in [1.165, 1.54) is 24.8 Å². The van der Waals surface area contributed by atoms with Crippen molar-refractivity contribution in [3.63, 3.8) is 0 Å². The van der Waals surface area contributed by atoms with Gasteiger partial charge in [0.1, 0.15) is 6.07 Å². The molecule has 0 aromatic heterocycles. The number of nitriles is 1. The molecule has 0 bridgehead atoms. The van der Waals surface area contributed by atoms with Crippen LogP contribution in [0, 0.1) is 17.8 Å². The molecule has 0 amide bonds. The van der Waals surface area contributed by atoms with Crippen LogP contribution in [0.15, 0.2) is 40.1 Å². The van der Waals surface area contributed by atoms with Crippen LogP contribution < -0.4 is 5.32 Å². The number of fused-ring (bicyclic) bond motifs is 1. The van der Waals surface area contributed by atoms with E-state index >= 15 is 0 Å². The highest BCUT2D eigenvalue weighted by molar-refractivity contribution is 6.20. The molecule has 1 radical (unpaired) electrons. The number of rotatable bonds is 2. The summed E-state index contributed by atoms with van der Waals surface area (Å²) in [7, 11) is 0. The summed E-state index contributed by atoms with van der Waals surface area (Å²) in [6.45, 7) is 1.13. The minimum Gasteiger partial charge on any atom is -0.314 e. The maximum absolute atomic E-state index is 9.06. The van der Waals surface area contributed by atoms with Gasteiger partial charge in [0.15, 0.2) is 0 Å². The van der Waals surface area contributed by atoms with Crippen LogP contribution in [0.4, 0.5) is 0 Å². The van der Waals surface area contributed by atoms with Crippen LogP contribution >= 0.6 is 0 Å². The van der Waals surface area contributed by atoms with Crippen molar-refractivity contribution in [1.29, 1.82) is 5.26 Å². The van der Waals surface area contributed by atoms with Crippen LogP contribution in [-0.2, 0) is 0 Å². The van der Waals surface area contributed by atoms with Crippen LogP contribution in [-0.4, -0.2) is 18.3 Å². The van der Waals surface area contributed by atoms with Crippen molar-refractivity contribution >= 4 is 5.71 Å². The van der Waals surface area contributed by atoms with Gasteiger partial charge in [-0.3, -0.25) is 4.99 Å². The van der Waals surface area contributed by atoms with Crippen molar-refractivity contribution in [3.8, 4) is 6.07 Å². The maximum Gasteiger partial charge on any atom is 0.101 e. The highest BCUT2D eigenvalue weighted by atomic mass is 14.9. The number of allylic oxidation sites excluding steroid dienone is 4. The Morgan fingerprint density at radius 1 is 1.44 bits per heavy atom. The minimum absolute atomic E-state index is 0. The van der Waals surface area contributed by atoms with E-state index < -0.39 is 0 Å². The van der Waals surface area contributed by atoms with E-state index in [-0.39, 0.29) is 2.85 Å². The van der Waals surface area contributed by atoms with Gasteiger partial charge in [0.2, 0.25) is 0 Å². The van der Waals surface area contributed by atoms with E-state index in [1.807, 2.05) is 18.7 Å². The zero-order valence-corrected chi connectivity index (χ0v) is 10.3. The molecule has 3 rings (SSSR count). The smallest absolute Gasteiger partial charge is 0.101 e. The first-order chi connectivity index (χ1) is 8.88. The zero-order valence-electron chi connectivity index (χ0n) is 10.3. The Hall–Kier alpha value is -1.66. The maximum atomic E-state index is 9.06. The van der Waals surface area contributed by atoms with E-state index in [0.29, 0.717) is 11.6 Å². The van der Waals surface area contributed by atoms with E-state index in [1.54, 1.807) is 0 Å². The molecule has 0 spiro atoms. The van der Waals surface area contributed by atoms with Crippen LogP contribution in [0.25, 0.3) is 0 Å². The quantitative estimate of drug-likeness (QED) is 0.809. The van der Waals surface area contributed by atoms with Crippen molar-refractivity contribution < 1.29 is 2.85 Å². The highest BCUT2D eigenvalue weighted by Gasteiger charge is 2.25. The van der Waals surface area contributed by atoms with Gasteiger partial charge in [0.05, 0.1) is 11.3 Å². The Kier molecular flexibility index (Phi) is 3.12. The summed E-state index contributed by atoms with van der Waals surface area (Å²) in [5, 5.41) is 12.6. The molecule has 3 aliphatic rings. The second kappa shape index (κ2) is 4.91. The van der Waals surface area contributed by atoms with Gasteiger partial charge in [-0.2, -0.15) is 5.26 Å². The van der Waals surface area contributed by atoms with Gasteiger partial charge in [-0.05, 0) is 31.4 Å². The molecule has 2 aliphatic heterocycles. The number of nitrogens with zero attached hydrogens (tertiary/aromatic N) is 2. The summed E-state index contributed by atoms with van der Waals surface area (Å²) in [6.07, 6.45) is 12.6. The van der Waals surface area contributed by atoms with Gasteiger partial charge >= 0.3 is 0 Å². The molecule has 95 valence electrons. The Bertz CT molecular complexity index is 518. The van der Waals surface area contributed by atoms with Crippen LogP contribution in [0.1, 0.15) is 28.5 Å². The van der Waals surface area contributed by atoms with Gasteiger partial charge < -0.3 is 5.32 Å². The molecule has 1 atom stereocenters. The molecular weight excluding hydrogens is 222 g/mol. The number of piperidine rings is 1. The first-order valence-corrected chi connectivity index (χ1v) is 6.55. The molecule has 1 N–H and O–H groups in total. The summed E-state index contributed by atoms with van der Waals surface area (Å²) in [5.41, 5.74) is 3.93. The summed E-state index contributed by atoms with van der Waals surface area (Å²) >= 11 is 0. The monoisotopic (exact) mass is 242 g/mol. The molecule has 0 aromatic carbocycles. The Labute approximate surface area is 111 Å². The van der Waals surface area contributed by atoms with Crippen molar-refractivity contribution in [2.45, 2.75) is 31.7 Å². The molecule has 3 heteroatoms. The standard InChI is InChI=1S/C15H16N3.2H2/c16-9-11-4-3-6-14-12(10-18-15(11)14)8-13-5-1-2-7-17-13;;/h3-4,6,10,13,17H,1-2,5,7-8H2;2*1H/t13-;;/m0../s1. The third kappa shape index (κ3) is 2.04. The lowest BCUT2D eigenvalue weighted by Gasteiger charge is -2.24. The molecule has 0 unspecified atom stereocenters. The zero-order chi connectivity index (χ0) is 12.4. The Morgan fingerprint density at radius 3 is 3.17 bits per heavy atom. The molecule has 3 nitrogen and oxygen atoms in total. The summed E-state index contributed by atoms with van der Waals surface area (Å²) in [4.78, 5) is 4.40. The Morgan fingerprint density at radius 2 is 2.39 bits per heavy atom. The van der Waals surface area contributed by atoms with Crippen molar-refractivity contribution in [2.24, 2.45) is 4.99 Å². The summed E-state index contributed by atoms with van der Waals surface area (Å²) in [6, 6.07) is 2.78. The van der Waals surface area contributed by atoms with E-state index in [4.69, 9.17) is 5.26 Å². The Balaban J connectivity index is 0.000001000. The SMILES string of the molecule is N#CC1=C[CH]C=C2C(C[C@@H]3CCCCN3)=CN=C12.[HH].[HH]. The van der Waals surface area contributed by atoms with Crippen molar-refractivity contribution in [1.82, 2.24) is 5.32 Å². The molecule has 18 heavy (non-hydrogen) atoms. The largest absolute Gasteiger partial charge is 0.314 e. The fraction of sp³-hybridized carbons (Fsp3) is 0.400. The third-order valence-electron chi connectivity index (χ3n) is 3.73. The first-order valence-electron chi connectivity index (χ1n) is 6.55. The summed E-state index contributed by atoms with van der Waals surface area (Å²) in [5.74, 6) is 0. The van der Waals surface area contributed by atoms with Gasteiger partial charge in [-0.25, -0.2) is 0 Å². The third-order valence-corrected chi connectivity index (χ3v) is 3.73. The molecule has 1 aliphatic carbocycles. The predicted octanol–water partition coefficient (Wildman–Crippen LogP) is 2.94. The first kappa shape index (κ1) is 11.4. The molecule has 0 saturated carbocycles. The fourth-order valence-electron chi connectivity index (χ4n) is 2.77. The van der Waals surface area contributed by atoms with Crippen LogP contribution in [0.3, 0.4) is 0 Å². The van der Waals surface area contributed by atoms with E-state index in [9.17, 15) is 0 Å². The van der Waals surface area contributed by atoms with Gasteiger partial charge in [0, 0.05) is 27.1 Å². The number of nitrogens with one attached hydrogen (secondary N) is 1. The lowest BCUT2D eigenvalue weighted by Crippen LogP contribution is -2.34. The van der Waals surface area contributed by atoms with Crippen molar-refractivity contribution in [2.75, 3.05) is 6.54 Å². The van der Waals surface area contributed by atoms with Crippen LogP contribution in [0.2, 0.25) is 0 Å². The average molecular weight is 242 g/mol. The predicted molar refractivity (Wildman–Crippen MR) is 76.1 cm³/mol. The van der Waals surface area contributed by atoms with E-state index in [2.05, 4.69) is 22.5 Å². The molecule has 1 fully saturated rings. The molecule has 1 saturated heterocycles. The topological polar surface area (TPSA) is 48.2 Å². The number of hydrogen-bond donors (Lipinski definition) is 1. The summed E-state index contributed by atoms with van der Waals surface area (Å²) < 4.78 is 0. The number of aliphatic imine (C=N–C) groups is 1. The normalized spacial score (nSPS) is 26.5. The van der Waals surface area contributed by atoms with Crippen molar-refractivity contribution in [3.05, 3.63) is 41.5 Å². The lowest BCUT2D eigenvalue weighted by molar-refractivity contribution is 0.400. The van der Waals surface area contributed by atoms with Gasteiger partial charge in [-0.15, -0.1) is 0 Å². The molecular formula is C15H20N3. The average Bonchev–Trinajstić information content (AvgIpc) is 2.83.